The Morgan fingerprint density at radius 2 is 1.71 bits per heavy atom. The van der Waals surface area contributed by atoms with Gasteiger partial charge in [-0.2, -0.15) is 0 Å². The van der Waals surface area contributed by atoms with Crippen molar-refractivity contribution in [2.24, 2.45) is 0 Å². The summed E-state index contributed by atoms with van der Waals surface area (Å²) in [7, 11) is -2.47. The van der Waals surface area contributed by atoms with Crippen molar-refractivity contribution in [1.82, 2.24) is 0 Å². The lowest BCUT2D eigenvalue weighted by Crippen LogP contribution is -2.28. The molecular formula is C20H19FN2O3S2. The van der Waals surface area contributed by atoms with Crippen LogP contribution in [0.5, 0.6) is 0 Å². The van der Waals surface area contributed by atoms with Crippen LogP contribution in [0.3, 0.4) is 0 Å². The lowest BCUT2D eigenvalue weighted by atomic mass is 10.1. The molecule has 0 spiro atoms. The van der Waals surface area contributed by atoms with E-state index in [1.807, 2.05) is 19.1 Å². The largest absolute Gasteiger partial charge is 0.321 e. The number of nitrogens with zero attached hydrogens (tertiary/aromatic N) is 1. The second kappa shape index (κ2) is 8.12. The van der Waals surface area contributed by atoms with Gasteiger partial charge in [0.2, 0.25) is 0 Å². The summed E-state index contributed by atoms with van der Waals surface area (Å²) in [6, 6.07) is 13.9. The van der Waals surface area contributed by atoms with Gasteiger partial charge in [0.15, 0.2) is 0 Å². The van der Waals surface area contributed by atoms with E-state index < -0.39 is 21.7 Å². The molecule has 1 amide bonds. The standard InChI is InChI=1S/C20H19FN2O3S2/c1-3-14-4-10-17(11-5-14)23(2)28(25,26)18-12-13-27-19(18)20(24)22-16-8-6-15(21)7-9-16/h4-13H,3H2,1-2H3,(H,22,24). The first-order chi connectivity index (χ1) is 13.3. The van der Waals surface area contributed by atoms with Crippen LogP contribution in [-0.4, -0.2) is 21.4 Å². The Morgan fingerprint density at radius 1 is 1.07 bits per heavy atom. The predicted molar refractivity (Wildman–Crippen MR) is 110 cm³/mol. The monoisotopic (exact) mass is 418 g/mol. The fourth-order valence-corrected chi connectivity index (χ4v) is 5.11. The molecule has 0 aliphatic carbocycles. The summed E-state index contributed by atoms with van der Waals surface area (Å²) in [5.74, 6) is -0.983. The van der Waals surface area contributed by atoms with Crippen LogP contribution in [0.2, 0.25) is 0 Å². The molecule has 1 N–H and O–H groups in total. The molecule has 2 aromatic carbocycles. The molecular weight excluding hydrogens is 399 g/mol. The van der Waals surface area contributed by atoms with Crippen molar-refractivity contribution >= 4 is 38.6 Å². The molecule has 5 nitrogen and oxygen atoms in total. The number of sulfonamides is 1. The van der Waals surface area contributed by atoms with Gasteiger partial charge in [0, 0.05) is 12.7 Å². The number of hydrogen-bond donors (Lipinski definition) is 1. The van der Waals surface area contributed by atoms with Gasteiger partial charge in [-0.3, -0.25) is 9.10 Å². The van der Waals surface area contributed by atoms with Crippen molar-refractivity contribution in [3.05, 3.63) is 76.2 Å². The normalized spacial score (nSPS) is 11.2. The summed E-state index contributed by atoms with van der Waals surface area (Å²) < 4.78 is 40.3. The van der Waals surface area contributed by atoms with Crippen LogP contribution in [0.4, 0.5) is 15.8 Å². The maximum absolute atomic E-state index is 13.1. The maximum atomic E-state index is 13.1. The SMILES string of the molecule is CCc1ccc(N(C)S(=O)(=O)c2ccsc2C(=O)Nc2ccc(F)cc2)cc1. The Hall–Kier alpha value is -2.71. The van der Waals surface area contributed by atoms with Gasteiger partial charge in [-0.25, -0.2) is 12.8 Å². The molecule has 0 saturated heterocycles. The first-order valence-electron chi connectivity index (χ1n) is 8.55. The fraction of sp³-hybridized carbons (Fsp3) is 0.150. The van der Waals surface area contributed by atoms with Crippen molar-refractivity contribution < 1.29 is 17.6 Å². The van der Waals surface area contributed by atoms with Crippen LogP contribution in [-0.2, 0) is 16.4 Å². The third kappa shape index (κ3) is 4.07. The Bertz CT molecular complexity index is 1080. The van der Waals surface area contributed by atoms with Crippen LogP contribution in [0, 0.1) is 5.82 Å². The first kappa shape index (κ1) is 20.0. The van der Waals surface area contributed by atoms with Gasteiger partial charge < -0.3 is 5.32 Å². The highest BCUT2D eigenvalue weighted by molar-refractivity contribution is 7.93. The molecule has 146 valence electrons. The van der Waals surface area contributed by atoms with Crippen molar-refractivity contribution in [3.8, 4) is 0 Å². The number of amides is 1. The van der Waals surface area contributed by atoms with Gasteiger partial charge in [-0.15, -0.1) is 11.3 Å². The first-order valence-corrected chi connectivity index (χ1v) is 10.9. The van der Waals surface area contributed by atoms with Gasteiger partial charge in [-0.05, 0) is 59.8 Å². The molecule has 0 aliphatic rings. The van der Waals surface area contributed by atoms with E-state index in [2.05, 4.69) is 5.32 Å². The van der Waals surface area contributed by atoms with Crippen molar-refractivity contribution in [2.45, 2.75) is 18.2 Å². The van der Waals surface area contributed by atoms with Gasteiger partial charge >= 0.3 is 0 Å². The summed E-state index contributed by atoms with van der Waals surface area (Å²) in [6.07, 6.45) is 0.856. The number of carbonyl (C=O) groups excluding carboxylic acids is 1. The van der Waals surface area contributed by atoms with E-state index >= 15 is 0 Å². The Balaban J connectivity index is 1.87. The lowest BCUT2D eigenvalue weighted by Gasteiger charge is -2.20. The zero-order valence-electron chi connectivity index (χ0n) is 15.3. The van der Waals surface area contributed by atoms with Crippen molar-refractivity contribution in [1.29, 1.82) is 0 Å². The highest BCUT2D eigenvalue weighted by Gasteiger charge is 2.28. The topological polar surface area (TPSA) is 66.5 Å². The van der Waals surface area contributed by atoms with E-state index in [1.165, 1.54) is 37.4 Å². The van der Waals surface area contributed by atoms with Crippen molar-refractivity contribution in [3.63, 3.8) is 0 Å². The van der Waals surface area contributed by atoms with E-state index in [4.69, 9.17) is 0 Å². The molecule has 0 atom stereocenters. The molecule has 0 aliphatic heterocycles. The zero-order valence-corrected chi connectivity index (χ0v) is 17.0. The van der Waals surface area contributed by atoms with E-state index in [9.17, 15) is 17.6 Å². The fourth-order valence-electron chi connectivity index (χ4n) is 2.62. The molecule has 0 radical (unpaired) electrons. The minimum Gasteiger partial charge on any atom is -0.321 e. The highest BCUT2D eigenvalue weighted by Crippen LogP contribution is 2.29. The summed E-state index contributed by atoms with van der Waals surface area (Å²) >= 11 is 1.03. The molecule has 3 rings (SSSR count). The number of aryl methyl sites for hydroxylation is 1. The molecule has 0 unspecified atom stereocenters. The predicted octanol–water partition coefficient (Wildman–Crippen LogP) is 4.53. The summed E-state index contributed by atoms with van der Waals surface area (Å²) in [4.78, 5) is 12.6. The van der Waals surface area contributed by atoms with E-state index in [0.29, 0.717) is 11.4 Å². The molecule has 0 fully saturated rings. The molecule has 28 heavy (non-hydrogen) atoms. The Kier molecular flexibility index (Phi) is 5.81. The summed E-state index contributed by atoms with van der Waals surface area (Å²) in [5.41, 5.74) is 1.99. The number of hydrogen-bond acceptors (Lipinski definition) is 4. The third-order valence-electron chi connectivity index (χ3n) is 4.28. The molecule has 3 aromatic rings. The van der Waals surface area contributed by atoms with Crippen LogP contribution >= 0.6 is 11.3 Å². The number of benzene rings is 2. The molecule has 1 aromatic heterocycles. The van der Waals surface area contributed by atoms with Gasteiger partial charge in [0.1, 0.15) is 15.6 Å². The van der Waals surface area contributed by atoms with Crippen LogP contribution < -0.4 is 9.62 Å². The van der Waals surface area contributed by atoms with Crippen molar-refractivity contribution in [2.75, 3.05) is 16.7 Å². The minimum absolute atomic E-state index is 0.0702. The lowest BCUT2D eigenvalue weighted by molar-refractivity contribution is 0.102. The highest BCUT2D eigenvalue weighted by atomic mass is 32.2. The minimum atomic E-state index is -3.92. The maximum Gasteiger partial charge on any atom is 0.267 e. The van der Waals surface area contributed by atoms with Crippen LogP contribution in [0.1, 0.15) is 22.2 Å². The van der Waals surface area contributed by atoms with Crippen LogP contribution in [0.15, 0.2) is 64.9 Å². The van der Waals surface area contributed by atoms with E-state index in [1.54, 1.807) is 17.5 Å². The van der Waals surface area contributed by atoms with Gasteiger partial charge in [0.25, 0.3) is 15.9 Å². The number of anilines is 2. The Labute approximate surface area is 167 Å². The molecule has 0 bridgehead atoms. The average Bonchev–Trinajstić information content (AvgIpc) is 3.20. The van der Waals surface area contributed by atoms with E-state index in [0.717, 1.165) is 27.6 Å². The second-order valence-electron chi connectivity index (χ2n) is 6.07. The number of halogens is 1. The molecule has 0 saturated carbocycles. The summed E-state index contributed by atoms with van der Waals surface area (Å²) in [6.45, 7) is 2.02. The summed E-state index contributed by atoms with van der Waals surface area (Å²) in [5, 5.41) is 4.16. The smallest absolute Gasteiger partial charge is 0.267 e. The van der Waals surface area contributed by atoms with Gasteiger partial charge in [-0.1, -0.05) is 19.1 Å². The third-order valence-corrected chi connectivity index (χ3v) is 7.15. The van der Waals surface area contributed by atoms with Crippen LogP contribution in [0.25, 0.3) is 0 Å². The van der Waals surface area contributed by atoms with E-state index in [-0.39, 0.29) is 9.77 Å². The number of thiophene rings is 1. The molecule has 8 heteroatoms. The Morgan fingerprint density at radius 3 is 2.32 bits per heavy atom. The number of carbonyl (C=O) groups is 1. The van der Waals surface area contributed by atoms with Gasteiger partial charge in [0.05, 0.1) is 5.69 Å². The second-order valence-corrected chi connectivity index (χ2v) is 8.92. The zero-order chi connectivity index (χ0) is 20.3. The number of nitrogens with one attached hydrogen (secondary N) is 1. The number of rotatable bonds is 6. The average molecular weight is 419 g/mol. The molecule has 1 heterocycles. The quantitative estimate of drug-likeness (QED) is 0.640.